The maximum absolute atomic E-state index is 13.1. The smallest absolute Gasteiger partial charge is 0.292 e. The third-order valence-corrected chi connectivity index (χ3v) is 6.50. The zero-order chi connectivity index (χ0) is 24.7. The molecular formula is C25H30ClN3O4S. The van der Waals surface area contributed by atoms with Crippen molar-refractivity contribution >= 4 is 34.1 Å². The average Bonchev–Trinajstić information content (AvgIpc) is 3.22. The van der Waals surface area contributed by atoms with Gasteiger partial charge in [0.2, 0.25) is 10.9 Å². The molecule has 0 atom stereocenters. The van der Waals surface area contributed by atoms with Gasteiger partial charge in [-0.05, 0) is 43.2 Å². The number of halogens is 1. The van der Waals surface area contributed by atoms with Gasteiger partial charge in [0.05, 0.1) is 18.8 Å². The van der Waals surface area contributed by atoms with E-state index in [2.05, 4.69) is 11.9 Å². The maximum atomic E-state index is 13.1. The topological polar surface area (TPSA) is 81.5 Å². The number of nitrogens with zero attached hydrogens (tertiary/aromatic N) is 3. The van der Waals surface area contributed by atoms with Gasteiger partial charge in [0.1, 0.15) is 17.3 Å². The highest BCUT2D eigenvalue weighted by Crippen LogP contribution is 2.25. The first-order valence-electron chi connectivity index (χ1n) is 11.4. The Morgan fingerprint density at radius 2 is 1.85 bits per heavy atom. The molecule has 0 N–H and O–H groups in total. The Morgan fingerprint density at radius 3 is 2.47 bits per heavy atom. The third kappa shape index (κ3) is 6.39. The number of unbranched alkanes of at least 4 members (excludes halogenated alkanes) is 2. The molecule has 0 unspecified atom stereocenters. The number of aromatic nitrogens is 2. The number of aryl methyl sites for hydroxylation is 2. The number of hydrogen-bond acceptors (Lipinski definition) is 5. The van der Waals surface area contributed by atoms with Crippen LogP contribution >= 0.6 is 11.6 Å². The standard InChI is InChI=1S/C25H30ClN3O4S/c1-4-6-7-14-33-21-13-10-19(22(26)15-21)16-28-17-23(27-24(28)5-2)25(30)29(34(31)32)20-11-8-18(3)9-12-20/h8-13,15,17,34H,4-7,14,16H2,1-3H3. The molecule has 1 amide bonds. The minimum Gasteiger partial charge on any atom is -0.494 e. The zero-order valence-electron chi connectivity index (χ0n) is 19.7. The predicted molar refractivity (Wildman–Crippen MR) is 135 cm³/mol. The summed E-state index contributed by atoms with van der Waals surface area (Å²) in [6.45, 7) is 7.00. The quantitative estimate of drug-likeness (QED) is 0.287. The van der Waals surface area contributed by atoms with Gasteiger partial charge in [-0.25, -0.2) is 17.7 Å². The molecule has 0 bridgehead atoms. The second kappa shape index (κ2) is 12.0. The van der Waals surface area contributed by atoms with E-state index in [0.29, 0.717) is 30.4 Å². The van der Waals surface area contributed by atoms with E-state index in [1.54, 1.807) is 36.5 Å². The Kier molecular flexibility index (Phi) is 9.12. The molecule has 0 spiro atoms. The Balaban J connectivity index is 1.81. The molecule has 0 fully saturated rings. The van der Waals surface area contributed by atoms with Gasteiger partial charge < -0.3 is 9.30 Å². The summed E-state index contributed by atoms with van der Waals surface area (Å²) in [6.07, 6.45) is 5.39. The highest BCUT2D eigenvalue weighted by Gasteiger charge is 2.24. The summed E-state index contributed by atoms with van der Waals surface area (Å²) in [4.78, 5) is 17.5. The highest BCUT2D eigenvalue weighted by molar-refractivity contribution is 7.75. The van der Waals surface area contributed by atoms with Crippen LogP contribution in [0.5, 0.6) is 5.75 Å². The molecule has 1 heterocycles. The largest absolute Gasteiger partial charge is 0.494 e. The molecule has 0 aliphatic heterocycles. The Morgan fingerprint density at radius 1 is 1.12 bits per heavy atom. The van der Waals surface area contributed by atoms with Crippen molar-refractivity contribution in [2.75, 3.05) is 10.9 Å². The van der Waals surface area contributed by atoms with E-state index in [4.69, 9.17) is 16.3 Å². The predicted octanol–water partition coefficient (Wildman–Crippen LogP) is 5.20. The van der Waals surface area contributed by atoms with Gasteiger partial charge in [-0.1, -0.05) is 62.1 Å². The molecule has 1 aromatic heterocycles. The normalized spacial score (nSPS) is 11.1. The van der Waals surface area contributed by atoms with Crippen molar-refractivity contribution < 1.29 is 17.9 Å². The van der Waals surface area contributed by atoms with Crippen molar-refractivity contribution in [1.82, 2.24) is 9.55 Å². The van der Waals surface area contributed by atoms with Gasteiger partial charge in [0.15, 0.2) is 0 Å². The lowest BCUT2D eigenvalue weighted by atomic mass is 10.2. The van der Waals surface area contributed by atoms with Gasteiger partial charge in [-0.2, -0.15) is 0 Å². The van der Waals surface area contributed by atoms with Crippen LogP contribution in [0.2, 0.25) is 5.02 Å². The molecule has 0 saturated heterocycles. The molecule has 3 rings (SSSR count). The fourth-order valence-corrected chi connectivity index (χ4v) is 4.33. The maximum Gasteiger partial charge on any atom is 0.292 e. The summed E-state index contributed by atoms with van der Waals surface area (Å²) in [5.41, 5.74) is 2.14. The Labute approximate surface area is 207 Å². The molecule has 0 radical (unpaired) electrons. The molecule has 0 aliphatic carbocycles. The molecule has 3 aromatic rings. The number of hydrogen-bond donors (Lipinski definition) is 1. The number of amides is 1. The first-order valence-corrected chi connectivity index (χ1v) is 12.9. The molecule has 182 valence electrons. The minimum atomic E-state index is -3.18. The van der Waals surface area contributed by atoms with E-state index < -0.39 is 16.8 Å². The van der Waals surface area contributed by atoms with Crippen LogP contribution in [-0.4, -0.2) is 30.5 Å². The summed E-state index contributed by atoms with van der Waals surface area (Å²) in [7, 11) is -3.18. The molecule has 2 aromatic carbocycles. The number of thiol groups is 1. The van der Waals surface area contributed by atoms with E-state index in [9.17, 15) is 13.2 Å². The molecule has 9 heteroatoms. The summed E-state index contributed by atoms with van der Waals surface area (Å²) in [5.74, 6) is 0.676. The Hall–Kier alpha value is -2.84. The van der Waals surface area contributed by atoms with Crippen LogP contribution < -0.4 is 9.04 Å². The van der Waals surface area contributed by atoms with E-state index in [1.807, 2.05) is 30.5 Å². The van der Waals surface area contributed by atoms with Crippen LogP contribution in [-0.2, 0) is 23.9 Å². The number of carbonyl (C=O) groups excluding carboxylic acids is 1. The summed E-state index contributed by atoms with van der Waals surface area (Å²) < 4.78 is 32.2. The van der Waals surface area contributed by atoms with Crippen LogP contribution in [0.4, 0.5) is 5.69 Å². The monoisotopic (exact) mass is 503 g/mol. The second-order valence-corrected chi connectivity index (χ2v) is 9.31. The van der Waals surface area contributed by atoms with Crippen LogP contribution in [0.25, 0.3) is 0 Å². The van der Waals surface area contributed by atoms with Crippen molar-refractivity contribution in [2.24, 2.45) is 0 Å². The lowest BCUT2D eigenvalue weighted by molar-refractivity contribution is 0.100. The first kappa shape index (κ1) is 25.8. The number of rotatable bonds is 11. The first-order chi connectivity index (χ1) is 16.3. The van der Waals surface area contributed by atoms with Crippen molar-refractivity contribution in [2.45, 2.75) is 53.0 Å². The van der Waals surface area contributed by atoms with E-state index in [1.165, 1.54) is 0 Å². The van der Waals surface area contributed by atoms with Gasteiger partial charge in [-0.3, -0.25) is 4.79 Å². The summed E-state index contributed by atoms with van der Waals surface area (Å²) in [6, 6.07) is 12.3. The number of ether oxygens (including phenoxy) is 1. The van der Waals surface area contributed by atoms with Gasteiger partial charge >= 0.3 is 0 Å². The Bertz CT molecular complexity index is 1200. The highest BCUT2D eigenvalue weighted by atomic mass is 35.5. The minimum absolute atomic E-state index is 0.0589. The molecular weight excluding hydrogens is 474 g/mol. The summed E-state index contributed by atoms with van der Waals surface area (Å²) in [5, 5.41) is 0.556. The van der Waals surface area contributed by atoms with Crippen molar-refractivity contribution in [1.29, 1.82) is 0 Å². The third-order valence-electron chi connectivity index (χ3n) is 5.41. The van der Waals surface area contributed by atoms with Gasteiger partial charge in [0.25, 0.3) is 5.91 Å². The fourth-order valence-electron chi connectivity index (χ4n) is 3.53. The van der Waals surface area contributed by atoms with Crippen LogP contribution in [0.1, 0.15) is 60.5 Å². The number of anilines is 1. The van der Waals surface area contributed by atoms with Crippen LogP contribution in [0, 0.1) is 6.92 Å². The zero-order valence-corrected chi connectivity index (χ0v) is 21.3. The van der Waals surface area contributed by atoms with Crippen molar-refractivity contribution in [3.8, 4) is 5.75 Å². The van der Waals surface area contributed by atoms with Gasteiger partial charge in [-0.15, -0.1) is 0 Å². The van der Waals surface area contributed by atoms with Crippen LogP contribution in [0.15, 0.2) is 48.7 Å². The average molecular weight is 504 g/mol. The van der Waals surface area contributed by atoms with Gasteiger partial charge in [0, 0.05) is 17.6 Å². The van der Waals surface area contributed by atoms with E-state index in [-0.39, 0.29) is 11.4 Å². The molecule has 0 saturated carbocycles. The fraction of sp³-hybridized carbons (Fsp3) is 0.360. The van der Waals surface area contributed by atoms with Crippen LogP contribution in [0.3, 0.4) is 0 Å². The second-order valence-electron chi connectivity index (χ2n) is 8.02. The molecule has 7 nitrogen and oxygen atoms in total. The van der Waals surface area contributed by atoms with Crippen molar-refractivity contribution in [3.63, 3.8) is 0 Å². The number of imidazole rings is 1. The van der Waals surface area contributed by atoms with E-state index in [0.717, 1.165) is 40.4 Å². The number of benzene rings is 2. The lowest BCUT2D eigenvalue weighted by Crippen LogP contribution is -2.29. The molecule has 0 aliphatic rings. The molecule has 34 heavy (non-hydrogen) atoms. The summed E-state index contributed by atoms with van der Waals surface area (Å²) >= 11 is 6.50. The van der Waals surface area contributed by atoms with Crippen molar-refractivity contribution in [3.05, 3.63) is 76.3 Å². The SMILES string of the molecule is CCCCCOc1ccc(Cn2cc(C(=O)N(c3ccc(C)cc3)[SH](=O)=O)nc2CC)c(Cl)c1. The number of carbonyl (C=O) groups is 1. The lowest BCUT2D eigenvalue weighted by Gasteiger charge is -2.14. The van der Waals surface area contributed by atoms with E-state index >= 15 is 0 Å².